The third-order valence-corrected chi connectivity index (χ3v) is 8.22. The number of carbonyl (C=O) groups is 2. The molecule has 2 aliphatic carbocycles. The smallest absolute Gasteiger partial charge is 0.416 e. The van der Waals surface area contributed by atoms with Gasteiger partial charge in [-0.1, -0.05) is 18.2 Å². The first-order valence-corrected chi connectivity index (χ1v) is 14.2. The van der Waals surface area contributed by atoms with Gasteiger partial charge < -0.3 is 29.2 Å². The van der Waals surface area contributed by atoms with Crippen LogP contribution in [0.1, 0.15) is 47.0 Å². The monoisotopic (exact) mass is 549 g/mol. The van der Waals surface area contributed by atoms with Gasteiger partial charge in [-0.2, -0.15) is 0 Å². The first kappa shape index (κ1) is 25.5. The minimum absolute atomic E-state index is 0.272. The number of benzene rings is 2. The highest BCUT2D eigenvalue weighted by Crippen LogP contribution is 2.47. The molecule has 9 nitrogen and oxygen atoms in total. The molecule has 2 heterocycles. The van der Waals surface area contributed by atoms with Crippen molar-refractivity contribution < 1.29 is 28.5 Å². The van der Waals surface area contributed by atoms with Gasteiger partial charge in [-0.15, -0.1) is 11.3 Å². The number of hydrogen-bond donors (Lipinski definition) is 1. The molecule has 2 aromatic carbocycles. The molecule has 0 unspecified atom stereocenters. The van der Waals surface area contributed by atoms with Crippen molar-refractivity contribution in [1.29, 1.82) is 0 Å². The molecule has 3 aliphatic rings. The summed E-state index contributed by atoms with van der Waals surface area (Å²) < 4.78 is 22.6. The van der Waals surface area contributed by atoms with Crippen LogP contribution in [0.15, 0.2) is 42.5 Å². The topological polar surface area (TPSA) is 99.2 Å². The SMILES string of the molecule is COc1cccc(-c2sc(C3CC3)nc2OC(=O)N(CCNC(=O)c2cccc3c2OCCO3)CC2CC2)c1. The van der Waals surface area contributed by atoms with E-state index in [1.54, 1.807) is 41.5 Å². The summed E-state index contributed by atoms with van der Waals surface area (Å²) in [4.78, 5) is 33.5. The highest BCUT2D eigenvalue weighted by molar-refractivity contribution is 7.15. The van der Waals surface area contributed by atoms with Crippen molar-refractivity contribution in [2.45, 2.75) is 31.6 Å². The Hall–Kier alpha value is -3.79. The third-order valence-electron chi connectivity index (χ3n) is 6.97. The number of amides is 2. The normalized spacial score (nSPS) is 15.9. The molecule has 0 atom stereocenters. The number of rotatable bonds is 10. The zero-order valence-corrected chi connectivity index (χ0v) is 22.6. The maximum Gasteiger partial charge on any atom is 0.416 e. The maximum absolute atomic E-state index is 13.4. The molecule has 0 radical (unpaired) electrons. The van der Waals surface area contributed by atoms with Crippen LogP contribution in [-0.4, -0.2) is 61.8 Å². The second kappa shape index (κ2) is 11.1. The average Bonchev–Trinajstić information content (AvgIpc) is 3.91. The Morgan fingerprint density at radius 1 is 1.10 bits per heavy atom. The molecule has 10 heteroatoms. The van der Waals surface area contributed by atoms with Gasteiger partial charge in [-0.05, 0) is 55.9 Å². The Morgan fingerprint density at radius 3 is 2.72 bits per heavy atom. The summed E-state index contributed by atoms with van der Waals surface area (Å²) >= 11 is 1.57. The van der Waals surface area contributed by atoms with Crippen LogP contribution in [0.25, 0.3) is 10.4 Å². The Bertz CT molecular complexity index is 1370. The summed E-state index contributed by atoms with van der Waals surface area (Å²) in [7, 11) is 1.63. The summed E-state index contributed by atoms with van der Waals surface area (Å²) in [6.45, 7) is 2.03. The molecular formula is C29H31N3O6S. The van der Waals surface area contributed by atoms with Crippen molar-refractivity contribution >= 4 is 23.3 Å². The van der Waals surface area contributed by atoms with Crippen molar-refractivity contribution in [3.8, 4) is 33.6 Å². The summed E-state index contributed by atoms with van der Waals surface area (Å²) in [5, 5.41) is 3.91. The molecular weight excluding hydrogens is 518 g/mol. The standard InChI is InChI=1S/C29H31N3O6S/c1-35-21-5-2-4-20(16-21)25-27(31-28(39-25)19-10-11-19)38-29(34)32(17-18-8-9-18)13-12-30-26(33)22-6-3-7-23-24(22)37-15-14-36-23/h2-7,16,18-19H,8-15,17H2,1H3,(H,30,33). The van der Waals surface area contributed by atoms with Gasteiger partial charge in [0.05, 0.1) is 17.6 Å². The number of hydrogen-bond acceptors (Lipinski definition) is 8. The molecule has 0 bridgehead atoms. The molecule has 2 saturated carbocycles. The van der Waals surface area contributed by atoms with Crippen molar-refractivity contribution in [2.24, 2.45) is 5.92 Å². The molecule has 204 valence electrons. The number of fused-ring (bicyclic) bond motifs is 1. The van der Waals surface area contributed by atoms with E-state index in [0.29, 0.717) is 61.1 Å². The molecule has 0 saturated heterocycles. The molecule has 2 amide bonds. The summed E-state index contributed by atoms with van der Waals surface area (Å²) in [6.07, 6.45) is 3.92. The van der Waals surface area contributed by atoms with E-state index in [9.17, 15) is 9.59 Å². The number of para-hydroxylation sites is 1. The van der Waals surface area contributed by atoms with Gasteiger partial charge in [-0.3, -0.25) is 4.79 Å². The van der Waals surface area contributed by atoms with Crippen molar-refractivity contribution in [3.05, 3.63) is 53.0 Å². The summed E-state index contributed by atoms with van der Waals surface area (Å²) in [6, 6.07) is 13.0. The van der Waals surface area contributed by atoms with Gasteiger partial charge in [0.1, 0.15) is 24.0 Å². The molecule has 2 fully saturated rings. The highest BCUT2D eigenvalue weighted by Gasteiger charge is 2.32. The first-order chi connectivity index (χ1) is 19.1. The quantitative estimate of drug-likeness (QED) is 0.375. The lowest BCUT2D eigenvalue weighted by Crippen LogP contribution is -2.41. The van der Waals surface area contributed by atoms with Crippen LogP contribution in [0, 0.1) is 5.92 Å². The minimum Gasteiger partial charge on any atom is -0.497 e. The average molecular weight is 550 g/mol. The summed E-state index contributed by atoms with van der Waals surface area (Å²) in [5.41, 5.74) is 1.32. The Morgan fingerprint density at radius 2 is 1.92 bits per heavy atom. The van der Waals surface area contributed by atoms with Crippen LogP contribution in [0.5, 0.6) is 23.1 Å². The lowest BCUT2D eigenvalue weighted by atomic mass is 10.1. The predicted octanol–water partition coefficient (Wildman–Crippen LogP) is 5.11. The highest BCUT2D eigenvalue weighted by atomic mass is 32.1. The largest absolute Gasteiger partial charge is 0.497 e. The maximum atomic E-state index is 13.4. The fraction of sp³-hybridized carbons (Fsp3) is 0.414. The number of nitrogens with zero attached hydrogens (tertiary/aromatic N) is 2. The number of methoxy groups -OCH3 is 1. The zero-order chi connectivity index (χ0) is 26.8. The second-order valence-electron chi connectivity index (χ2n) is 10.0. The number of thiazole rings is 1. The van der Waals surface area contributed by atoms with E-state index in [1.807, 2.05) is 24.3 Å². The number of ether oxygens (including phenoxy) is 4. The van der Waals surface area contributed by atoms with Gasteiger partial charge in [0.25, 0.3) is 5.91 Å². The van der Waals surface area contributed by atoms with Gasteiger partial charge in [-0.25, -0.2) is 9.78 Å². The van der Waals surface area contributed by atoms with Crippen molar-refractivity contribution in [2.75, 3.05) is 40.0 Å². The van der Waals surface area contributed by atoms with Crippen LogP contribution < -0.4 is 24.3 Å². The van der Waals surface area contributed by atoms with Crippen molar-refractivity contribution in [3.63, 3.8) is 0 Å². The van der Waals surface area contributed by atoms with E-state index in [1.165, 1.54) is 0 Å². The Balaban J connectivity index is 1.14. The van der Waals surface area contributed by atoms with Gasteiger partial charge in [0, 0.05) is 31.1 Å². The van der Waals surface area contributed by atoms with E-state index >= 15 is 0 Å². The number of aromatic nitrogens is 1. The van der Waals surface area contributed by atoms with Crippen LogP contribution in [-0.2, 0) is 0 Å². The Kier molecular flexibility index (Phi) is 7.28. The predicted molar refractivity (Wildman–Crippen MR) is 146 cm³/mol. The van der Waals surface area contributed by atoms with Gasteiger partial charge >= 0.3 is 6.09 Å². The van der Waals surface area contributed by atoms with E-state index in [0.717, 1.165) is 46.9 Å². The van der Waals surface area contributed by atoms with E-state index in [2.05, 4.69) is 5.32 Å². The second-order valence-corrected chi connectivity index (χ2v) is 11.1. The van der Waals surface area contributed by atoms with E-state index in [-0.39, 0.29) is 12.5 Å². The van der Waals surface area contributed by atoms with Gasteiger partial charge in [0.2, 0.25) is 5.88 Å². The van der Waals surface area contributed by atoms with Crippen LogP contribution in [0.2, 0.25) is 0 Å². The fourth-order valence-corrected chi connectivity index (χ4v) is 5.67. The molecule has 1 aromatic heterocycles. The lowest BCUT2D eigenvalue weighted by Gasteiger charge is -2.23. The van der Waals surface area contributed by atoms with E-state index < -0.39 is 6.09 Å². The third kappa shape index (κ3) is 5.95. The molecule has 39 heavy (non-hydrogen) atoms. The Labute approximate surface area is 231 Å². The molecule has 6 rings (SSSR count). The van der Waals surface area contributed by atoms with Crippen LogP contribution >= 0.6 is 11.3 Å². The number of nitrogens with one attached hydrogen (secondary N) is 1. The van der Waals surface area contributed by atoms with Crippen molar-refractivity contribution in [1.82, 2.24) is 15.2 Å². The molecule has 0 spiro atoms. The van der Waals surface area contributed by atoms with E-state index in [4.69, 9.17) is 23.9 Å². The van der Waals surface area contributed by atoms with Crippen LogP contribution in [0.4, 0.5) is 4.79 Å². The fourth-order valence-electron chi connectivity index (χ4n) is 4.51. The van der Waals surface area contributed by atoms with Crippen LogP contribution in [0.3, 0.4) is 0 Å². The first-order valence-electron chi connectivity index (χ1n) is 13.4. The summed E-state index contributed by atoms with van der Waals surface area (Å²) in [5.74, 6) is 2.69. The molecule has 1 aliphatic heterocycles. The lowest BCUT2D eigenvalue weighted by molar-refractivity contribution is 0.0933. The molecule has 3 aromatic rings. The van der Waals surface area contributed by atoms with Gasteiger partial charge in [0.15, 0.2) is 11.5 Å². The zero-order valence-electron chi connectivity index (χ0n) is 21.8. The minimum atomic E-state index is -0.457. The molecule has 1 N–H and O–H groups in total. The number of carbonyl (C=O) groups excluding carboxylic acids is 2.